The van der Waals surface area contributed by atoms with Gasteiger partial charge in [-0.1, -0.05) is 26.8 Å². The smallest absolute Gasteiger partial charge is 0.312 e. The number of ether oxygens (including phenoxy) is 8. The zero-order chi connectivity index (χ0) is 36.6. The Labute approximate surface area is 284 Å². The second kappa shape index (κ2) is 14.2. The first-order valence-corrected chi connectivity index (χ1v) is 16.2. The Bertz CT molecular complexity index is 1410. The third-order valence-electron chi connectivity index (χ3n) is 9.66. The molecule has 49 heavy (non-hydrogen) atoms. The molecule has 11 atom stereocenters. The van der Waals surface area contributed by atoms with Crippen LogP contribution in [0.4, 0.5) is 0 Å². The molecule has 0 aromatic heterocycles. The summed E-state index contributed by atoms with van der Waals surface area (Å²) in [5, 5.41) is 12.8. The largest absolute Gasteiger partial charge is 0.459 e. The number of carbonyl (C=O) groups excluding carboxylic acids is 6. The summed E-state index contributed by atoms with van der Waals surface area (Å²) in [5.74, 6) is -7.69. The number of esters is 6. The predicted molar refractivity (Wildman–Crippen MR) is 165 cm³/mol. The average Bonchev–Trinajstić information content (AvgIpc) is 3.72. The van der Waals surface area contributed by atoms with Gasteiger partial charge in [0.1, 0.15) is 17.8 Å². The van der Waals surface area contributed by atoms with Crippen molar-refractivity contribution in [1.82, 2.24) is 0 Å². The molecule has 0 radical (unpaired) electrons. The molecule has 0 amide bonds. The number of hydrogen-bond acceptors (Lipinski definition) is 15. The Hall–Kier alpha value is -3.82. The van der Waals surface area contributed by atoms with Crippen LogP contribution in [0.5, 0.6) is 0 Å². The third-order valence-corrected chi connectivity index (χ3v) is 9.66. The summed E-state index contributed by atoms with van der Waals surface area (Å²) in [7, 11) is 1.42. The molecule has 1 N–H and O–H groups in total. The summed E-state index contributed by atoms with van der Waals surface area (Å²) < 4.78 is 46.9. The van der Waals surface area contributed by atoms with Gasteiger partial charge in [0.25, 0.3) is 0 Å². The fourth-order valence-electron chi connectivity index (χ4n) is 7.61. The van der Waals surface area contributed by atoms with E-state index in [0.29, 0.717) is 5.57 Å². The van der Waals surface area contributed by atoms with E-state index < -0.39 is 101 Å². The summed E-state index contributed by atoms with van der Waals surface area (Å²) >= 11 is 0. The minimum absolute atomic E-state index is 0.0510. The zero-order valence-electron chi connectivity index (χ0n) is 29.2. The molecule has 4 rings (SSSR count). The number of fused-ring (bicyclic) bond motifs is 3. The lowest BCUT2D eigenvalue weighted by atomic mass is 9.51. The highest BCUT2D eigenvalue weighted by atomic mass is 16.7. The second-order valence-electron chi connectivity index (χ2n) is 13.8. The van der Waals surface area contributed by atoms with Crippen molar-refractivity contribution in [3.05, 3.63) is 23.8 Å². The monoisotopic (exact) mass is 694 g/mol. The van der Waals surface area contributed by atoms with E-state index in [1.54, 1.807) is 13.8 Å². The van der Waals surface area contributed by atoms with Crippen LogP contribution < -0.4 is 0 Å². The number of methoxy groups -OCH3 is 1. The summed E-state index contributed by atoms with van der Waals surface area (Å²) in [6, 6.07) is 0. The van der Waals surface area contributed by atoms with Crippen LogP contribution >= 0.6 is 0 Å². The van der Waals surface area contributed by atoms with Gasteiger partial charge in [-0.3, -0.25) is 28.8 Å². The van der Waals surface area contributed by atoms with Crippen molar-refractivity contribution in [2.24, 2.45) is 23.2 Å². The summed E-state index contributed by atoms with van der Waals surface area (Å²) in [5.41, 5.74) is -5.48. The van der Waals surface area contributed by atoms with Crippen LogP contribution in [-0.4, -0.2) is 109 Å². The van der Waals surface area contributed by atoms with Crippen molar-refractivity contribution in [2.45, 2.75) is 110 Å². The fourth-order valence-corrected chi connectivity index (χ4v) is 7.61. The molecule has 15 heteroatoms. The summed E-state index contributed by atoms with van der Waals surface area (Å²) in [6.07, 6.45) is -4.77. The molecule has 2 heterocycles. The lowest BCUT2D eigenvalue weighted by molar-refractivity contribution is -0.279. The molecule has 0 aromatic rings. The number of epoxide rings is 1. The van der Waals surface area contributed by atoms with Crippen LogP contribution in [0.15, 0.2) is 23.8 Å². The van der Waals surface area contributed by atoms with Gasteiger partial charge in [-0.25, -0.2) is 0 Å². The van der Waals surface area contributed by atoms with Crippen molar-refractivity contribution >= 4 is 35.8 Å². The Balaban J connectivity index is 2.15. The molecule has 272 valence electrons. The standard InChI is InChI=1S/C34H46O15/c1-16(2)12-25(39)49-29-26(45-19(5)36)28(46-20(6)37)32(8)23(44-18(4)35)11-10-22(14-42-9)13-24-34(41,17(3)31(40)48-24)30(47-21(7)38)27(32)33(29)15-43-33/h10-11,13,16-17,23-24,26-30,41H,12,14-15H2,1-9H3. The van der Waals surface area contributed by atoms with Gasteiger partial charge in [-0.15, -0.1) is 0 Å². The van der Waals surface area contributed by atoms with Crippen LogP contribution in [-0.2, 0) is 66.7 Å². The predicted octanol–water partition coefficient (Wildman–Crippen LogP) is 1.51. The first kappa shape index (κ1) is 38.0. The van der Waals surface area contributed by atoms with E-state index in [2.05, 4.69) is 0 Å². The minimum atomic E-state index is -2.33. The van der Waals surface area contributed by atoms with Gasteiger partial charge in [-0.05, 0) is 30.6 Å². The minimum Gasteiger partial charge on any atom is -0.459 e. The van der Waals surface area contributed by atoms with E-state index in [1.165, 1.54) is 39.2 Å². The Kier molecular flexibility index (Phi) is 11.0. The molecular weight excluding hydrogens is 648 g/mol. The summed E-state index contributed by atoms with van der Waals surface area (Å²) in [6.45, 7) is 10.8. The molecule has 0 aromatic carbocycles. The van der Waals surface area contributed by atoms with Crippen LogP contribution in [0.3, 0.4) is 0 Å². The maximum Gasteiger partial charge on any atom is 0.312 e. The van der Waals surface area contributed by atoms with Gasteiger partial charge >= 0.3 is 35.8 Å². The van der Waals surface area contributed by atoms with Crippen molar-refractivity contribution < 1.29 is 71.8 Å². The first-order chi connectivity index (χ1) is 22.8. The highest BCUT2D eigenvalue weighted by Gasteiger charge is 2.81. The van der Waals surface area contributed by atoms with Gasteiger partial charge in [0.15, 0.2) is 30.0 Å². The highest BCUT2D eigenvalue weighted by Crippen LogP contribution is 2.63. The normalized spacial score (nSPS) is 37.9. The van der Waals surface area contributed by atoms with Gasteiger partial charge in [0.2, 0.25) is 0 Å². The zero-order valence-corrected chi connectivity index (χ0v) is 29.2. The molecular formula is C34H46O15. The van der Waals surface area contributed by atoms with Crippen LogP contribution in [0.25, 0.3) is 0 Å². The van der Waals surface area contributed by atoms with E-state index in [4.69, 9.17) is 37.9 Å². The van der Waals surface area contributed by atoms with Crippen LogP contribution in [0.2, 0.25) is 0 Å². The molecule has 2 saturated heterocycles. The lowest BCUT2D eigenvalue weighted by Gasteiger charge is -2.59. The van der Waals surface area contributed by atoms with Crippen molar-refractivity contribution in [1.29, 1.82) is 0 Å². The Morgan fingerprint density at radius 1 is 0.918 bits per heavy atom. The number of hydrogen-bond donors (Lipinski definition) is 1. The molecule has 2 aliphatic carbocycles. The Morgan fingerprint density at radius 2 is 1.49 bits per heavy atom. The number of carbonyl (C=O) groups is 6. The molecule has 4 aliphatic rings. The van der Waals surface area contributed by atoms with Crippen LogP contribution in [0.1, 0.15) is 61.8 Å². The maximum absolute atomic E-state index is 13.3. The molecule has 1 spiro atoms. The summed E-state index contributed by atoms with van der Waals surface area (Å²) in [4.78, 5) is 78.0. The van der Waals surface area contributed by atoms with Crippen LogP contribution in [0, 0.1) is 23.2 Å². The van der Waals surface area contributed by atoms with E-state index in [1.807, 2.05) is 0 Å². The molecule has 2 aliphatic heterocycles. The fraction of sp³-hybridized carbons (Fsp3) is 0.706. The molecule has 3 fully saturated rings. The average molecular weight is 695 g/mol. The van der Waals surface area contributed by atoms with Gasteiger partial charge in [0.05, 0.1) is 24.5 Å². The van der Waals surface area contributed by atoms with E-state index >= 15 is 0 Å². The molecule has 15 nitrogen and oxygen atoms in total. The topological polar surface area (TPSA) is 200 Å². The number of rotatable bonds is 9. The van der Waals surface area contributed by atoms with E-state index in [9.17, 15) is 33.9 Å². The first-order valence-electron chi connectivity index (χ1n) is 16.2. The van der Waals surface area contributed by atoms with Crippen molar-refractivity contribution in [2.75, 3.05) is 20.3 Å². The van der Waals surface area contributed by atoms with Crippen molar-refractivity contribution in [3.8, 4) is 0 Å². The van der Waals surface area contributed by atoms with E-state index in [0.717, 1.165) is 27.7 Å². The maximum atomic E-state index is 13.3. The molecule has 1 saturated carbocycles. The van der Waals surface area contributed by atoms with E-state index in [-0.39, 0.29) is 25.6 Å². The highest BCUT2D eigenvalue weighted by molar-refractivity contribution is 5.78. The van der Waals surface area contributed by atoms with Gasteiger partial charge in [0, 0.05) is 47.1 Å². The quantitative estimate of drug-likeness (QED) is 0.207. The molecule has 11 unspecified atom stereocenters. The molecule has 0 bridgehead atoms. The second-order valence-corrected chi connectivity index (χ2v) is 13.8. The van der Waals surface area contributed by atoms with Crippen molar-refractivity contribution in [3.63, 3.8) is 0 Å². The van der Waals surface area contributed by atoms with Gasteiger partial charge < -0.3 is 43.0 Å². The number of aliphatic hydroxyl groups is 1. The third kappa shape index (κ3) is 7.11. The lowest BCUT2D eigenvalue weighted by Crippen LogP contribution is -2.76. The SMILES string of the molecule is COCC1=CC2OC(=O)C(C)C2(O)C(OC(C)=O)C2C3(CO3)C(OC(=O)CC(C)C)C(OC(C)=O)C(OC(C)=O)C2(C)C(OC(C)=O)C=C1. The van der Waals surface area contributed by atoms with Gasteiger partial charge in [-0.2, -0.15) is 0 Å². The Morgan fingerprint density at radius 3 is 2.00 bits per heavy atom.